The van der Waals surface area contributed by atoms with Gasteiger partial charge >= 0.3 is 5.97 Å². The molecule has 22 heavy (non-hydrogen) atoms. The number of hydrogen-bond donors (Lipinski definition) is 1. The van der Waals surface area contributed by atoms with Gasteiger partial charge in [0.15, 0.2) is 6.10 Å². The highest BCUT2D eigenvalue weighted by atomic mass is 35.5. The summed E-state index contributed by atoms with van der Waals surface area (Å²) in [4.78, 5) is 11.8. The molecular weight excluding hydrogens is 331 g/mol. The highest BCUT2D eigenvalue weighted by Crippen LogP contribution is 2.27. The number of carbonyl (C=O) groups excluding carboxylic acids is 1. The zero-order chi connectivity index (χ0) is 15.9. The minimum Gasteiger partial charge on any atom is -0.488 e. The van der Waals surface area contributed by atoms with E-state index >= 15 is 0 Å². The number of rotatable bonds is 6. The summed E-state index contributed by atoms with van der Waals surface area (Å²) in [6, 6.07) is 4.87. The number of esters is 1. The standard InChI is InChI=1S/C15H18Cl2O5/c16-11-1-2-13(12(17)9-11)21-7-8-22-15(19)14(18)10-3-5-20-6-4-10/h1-2,9-10,14,18H,3-8H2/t14-/m1/s1. The van der Waals surface area contributed by atoms with E-state index in [2.05, 4.69) is 0 Å². The Bertz CT molecular complexity index is 503. The number of ether oxygens (including phenoxy) is 3. The predicted molar refractivity (Wildman–Crippen MR) is 82.5 cm³/mol. The van der Waals surface area contributed by atoms with Crippen molar-refractivity contribution in [1.82, 2.24) is 0 Å². The van der Waals surface area contributed by atoms with Crippen molar-refractivity contribution in [2.24, 2.45) is 5.92 Å². The Labute approximate surface area is 139 Å². The summed E-state index contributed by atoms with van der Waals surface area (Å²) in [5, 5.41) is 10.8. The van der Waals surface area contributed by atoms with Gasteiger partial charge in [-0.15, -0.1) is 0 Å². The first-order valence-electron chi connectivity index (χ1n) is 7.08. The lowest BCUT2D eigenvalue weighted by Gasteiger charge is -2.25. The molecule has 0 aliphatic carbocycles. The molecule has 1 fully saturated rings. The van der Waals surface area contributed by atoms with Crippen LogP contribution in [-0.4, -0.2) is 43.6 Å². The summed E-state index contributed by atoms with van der Waals surface area (Å²) in [6.07, 6.45) is 0.211. The maximum Gasteiger partial charge on any atom is 0.335 e. The van der Waals surface area contributed by atoms with Gasteiger partial charge in [-0.2, -0.15) is 0 Å². The Morgan fingerprint density at radius 3 is 2.73 bits per heavy atom. The fraction of sp³-hybridized carbons (Fsp3) is 0.533. The lowest BCUT2D eigenvalue weighted by atomic mass is 9.94. The normalized spacial score (nSPS) is 17.0. The zero-order valence-corrected chi connectivity index (χ0v) is 13.5. The van der Waals surface area contributed by atoms with Crippen LogP contribution in [0.15, 0.2) is 18.2 Å². The van der Waals surface area contributed by atoms with Crippen molar-refractivity contribution in [2.75, 3.05) is 26.4 Å². The van der Waals surface area contributed by atoms with Crippen LogP contribution in [0.5, 0.6) is 5.75 Å². The van der Waals surface area contributed by atoms with Gasteiger partial charge < -0.3 is 19.3 Å². The fourth-order valence-electron chi connectivity index (χ4n) is 2.20. The summed E-state index contributed by atoms with van der Waals surface area (Å²) >= 11 is 11.7. The molecule has 1 saturated heterocycles. The summed E-state index contributed by atoms with van der Waals surface area (Å²) in [6.45, 7) is 1.31. The molecule has 2 rings (SSSR count). The minimum atomic E-state index is -1.11. The lowest BCUT2D eigenvalue weighted by molar-refractivity contribution is -0.159. The van der Waals surface area contributed by atoms with Gasteiger partial charge in [-0.05, 0) is 37.0 Å². The number of aliphatic hydroxyl groups is 1. The van der Waals surface area contributed by atoms with E-state index < -0.39 is 12.1 Å². The van der Waals surface area contributed by atoms with Crippen LogP contribution in [0.25, 0.3) is 0 Å². The number of halogens is 2. The molecule has 5 nitrogen and oxygen atoms in total. The van der Waals surface area contributed by atoms with E-state index in [0.29, 0.717) is 41.9 Å². The summed E-state index contributed by atoms with van der Waals surface area (Å²) in [5.74, 6) is -0.266. The van der Waals surface area contributed by atoms with Crippen LogP contribution in [0.1, 0.15) is 12.8 Å². The van der Waals surface area contributed by atoms with E-state index in [-0.39, 0.29) is 19.1 Å². The molecule has 1 aliphatic heterocycles. The van der Waals surface area contributed by atoms with Gasteiger partial charge in [-0.3, -0.25) is 0 Å². The summed E-state index contributed by atoms with van der Waals surface area (Å²) < 4.78 is 15.6. The minimum absolute atomic E-state index is 0.0398. The molecule has 0 radical (unpaired) electrons. The summed E-state index contributed by atoms with van der Waals surface area (Å²) in [5.41, 5.74) is 0. The van der Waals surface area contributed by atoms with Crippen LogP contribution >= 0.6 is 23.2 Å². The zero-order valence-electron chi connectivity index (χ0n) is 12.0. The highest BCUT2D eigenvalue weighted by molar-refractivity contribution is 6.35. The van der Waals surface area contributed by atoms with Crippen molar-refractivity contribution in [3.05, 3.63) is 28.2 Å². The van der Waals surface area contributed by atoms with Crippen molar-refractivity contribution in [2.45, 2.75) is 18.9 Å². The van der Waals surface area contributed by atoms with Crippen molar-refractivity contribution >= 4 is 29.2 Å². The Morgan fingerprint density at radius 1 is 1.32 bits per heavy atom. The van der Waals surface area contributed by atoms with E-state index in [1.54, 1.807) is 18.2 Å². The maximum atomic E-state index is 11.8. The van der Waals surface area contributed by atoms with Crippen LogP contribution in [0.3, 0.4) is 0 Å². The third kappa shape index (κ3) is 5.02. The highest BCUT2D eigenvalue weighted by Gasteiger charge is 2.28. The molecule has 1 aliphatic rings. The van der Waals surface area contributed by atoms with Crippen LogP contribution in [0, 0.1) is 5.92 Å². The smallest absolute Gasteiger partial charge is 0.335 e. The number of carbonyl (C=O) groups is 1. The Balaban J connectivity index is 1.70. The second-order valence-corrected chi connectivity index (χ2v) is 5.83. The first kappa shape index (κ1) is 17.3. The Kier molecular flexibility index (Phi) is 6.76. The molecule has 0 amide bonds. The van der Waals surface area contributed by atoms with Gasteiger partial charge in [0.05, 0.1) is 5.02 Å². The number of benzene rings is 1. The van der Waals surface area contributed by atoms with Crippen molar-refractivity contribution in [1.29, 1.82) is 0 Å². The van der Waals surface area contributed by atoms with E-state index in [1.165, 1.54) is 0 Å². The largest absolute Gasteiger partial charge is 0.488 e. The molecule has 1 heterocycles. The van der Waals surface area contributed by atoms with Crippen molar-refractivity contribution < 1.29 is 24.1 Å². The van der Waals surface area contributed by atoms with E-state index in [1.807, 2.05) is 0 Å². The molecule has 1 aromatic rings. The van der Waals surface area contributed by atoms with Crippen LogP contribution in [-0.2, 0) is 14.3 Å². The molecule has 0 bridgehead atoms. The topological polar surface area (TPSA) is 65.0 Å². The number of aliphatic hydroxyl groups excluding tert-OH is 1. The summed E-state index contributed by atoms with van der Waals surface area (Å²) in [7, 11) is 0. The molecule has 0 spiro atoms. The van der Waals surface area contributed by atoms with Crippen LogP contribution < -0.4 is 4.74 Å². The van der Waals surface area contributed by atoms with E-state index in [9.17, 15) is 9.90 Å². The maximum absolute atomic E-state index is 11.8. The molecule has 7 heteroatoms. The van der Waals surface area contributed by atoms with Crippen molar-refractivity contribution in [3.8, 4) is 5.75 Å². The van der Waals surface area contributed by atoms with E-state index in [4.69, 9.17) is 37.4 Å². The molecule has 0 unspecified atom stereocenters. The third-order valence-electron chi connectivity index (χ3n) is 3.43. The second-order valence-electron chi connectivity index (χ2n) is 4.99. The molecule has 0 saturated carbocycles. The van der Waals surface area contributed by atoms with Gasteiger partial charge in [0.2, 0.25) is 0 Å². The van der Waals surface area contributed by atoms with Crippen LogP contribution in [0.2, 0.25) is 10.0 Å². The third-order valence-corrected chi connectivity index (χ3v) is 3.96. The van der Waals surface area contributed by atoms with Crippen LogP contribution in [0.4, 0.5) is 0 Å². The van der Waals surface area contributed by atoms with Gasteiger partial charge in [0.25, 0.3) is 0 Å². The molecular formula is C15H18Cl2O5. The quantitative estimate of drug-likeness (QED) is 0.632. The average Bonchev–Trinajstić information content (AvgIpc) is 2.53. The molecule has 1 aromatic carbocycles. The first-order valence-corrected chi connectivity index (χ1v) is 7.84. The SMILES string of the molecule is O=C(OCCOc1ccc(Cl)cc1Cl)[C@H](O)C1CCOCC1. The Morgan fingerprint density at radius 2 is 2.05 bits per heavy atom. The fourth-order valence-corrected chi connectivity index (χ4v) is 2.66. The predicted octanol–water partition coefficient (Wildman–Crippen LogP) is 2.70. The van der Waals surface area contributed by atoms with Gasteiger partial charge in [0, 0.05) is 18.2 Å². The van der Waals surface area contributed by atoms with Gasteiger partial charge in [-0.1, -0.05) is 23.2 Å². The molecule has 122 valence electrons. The van der Waals surface area contributed by atoms with E-state index in [0.717, 1.165) is 0 Å². The molecule has 0 aromatic heterocycles. The molecule has 1 N–H and O–H groups in total. The molecule has 1 atom stereocenters. The lowest BCUT2D eigenvalue weighted by Crippen LogP contribution is -2.35. The van der Waals surface area contributed by atoms with Gasteiger partial charge in [-0.25, -0.2) is 4.79 Å². The van der Waals surface area contributed by atoms with Crippen molar-refractivity contribution in [3.63, 3.8) is 0 Å². The second kappa shape index (κ2) is 8.58. The first-order chi connectivity index (χ1) is 10.6. The average molecular weight is 349 g/mol. The monoisotopic (exact) mass is 348 g/mol. The number of hydrogen-bond acceptors (Lipinski definition) is 5. The van der Waals surface area contributed by atoms with Gasteiger partial charge in [0.1, 0.15) is 19.0 Å². The Hall–Kier alpha value is -1.01.